The van der Waals surface area contributed by atoms with Gasteiger partial charge in [-0.2, -0.15) is 0 Å². The zero-order valence-electron chi connectivity index (χ0n) is 12.5. The summed E-state index contributed by atoms with van der Waals surface area (Å²) in [5.74, 6) is 1.72. The van der Waals surface area contributed by atoms with Crippen LogP contribution in [-0.4, -0.2) is 22.0 Å². The third-order valence-electron chi connectivity index (χ3n) is 3.30. The minimum Gasteiger partial charge on any atom is -0.439 e. The van der Waals surface area contributed by atoms with Gasteiger partial charge in [-0.25, -0.2) is 9.37 Å². The molecule has 3 aromatic rings. The summed E-state index contributed by atoms with van der Waals surface area (Å²) in [5, 5.41) is 2.52. The van der Waals surface area contributed by atoms with Crippen molar-refractivity contribution in [1.29, 1.82) is 0 Å². The molecule has 0 atom stereocenters. The van der Waals surface area contributed by atoms with Crippen LogP contribution in [0.2, 0.25) is 0 Å². The van der Waals surface area contributed by atoms with Crippen molar-refractivity contribution in [2.24, 2.45) is 0 Å². The molecule has 1 N–H and O–H groups in total. The number of carbonyl (C=O) groups excluding carboxylic acids is 1. The number of terminal acetylenes is 1. The zero-order chi connectivity index (χ0) is 17.1. The van der Waals surface area contributed by atoms with Gasteiger partial charge in [-0.3, -0.25) is 9.59 Å². The molecular formula is C17H12FN3O3. The van der Waals surface area contributed by atoms with Gasteiger partial charge in [0.1, 0.15) is 17.9 Å². The Hall–Kier alpha value is -3.40. The third kappa shape index (κ3) is 3.17. The standard InChI is InChI=1S/C17H12FN3O3/c1-2-7-19-17(23)11-3-6-16(22)21(9-11)10-15-20-13-8-12(18)4-5-14(13)24-15/h1,3-6,8-9H,7,10H2,(H,19,23). The van der Waals surface area contributed by atoms with E-state index in [2.05, 4.69) is 16.2 Å². The Kier molecular flexibility index (Phi) is 4.12. The molecule has 3 rings (SSSR count). The van der Waals surface area contributed by atoms with Crippen LogP contribution >= 0.6 is 0 Å². The molecule has 120 valence electrons. The van der Waals surface area contributed by atoms with Crippen molar-refractivity contribution in [3.63, 3.8) is 0 Å². The van der Waals surface area contributed by atoms with Crippen LogP contribution in [0.4, 0.5) is 4.39 Å². The average Bonchev–Trinajstić information content (AvgIpc) is 2.96. The highest BCUT2D eigenvalue weighted by molar-refractivity contribution is 5.93. The highest BCUT2D eigenvalue weighted by Crippen LogP contribution is 2.17. The van der Waals surface area contributed by atoms with Crippen LogP contribution in [0, 0.1) is 18.2 Å². The molecule has 0 radical (unpaired) electrons. The van der Waals surface area contributed by atoms with Crippen LogP contribution in [0.3, 0.4) is 0 Å². The van der Waals surface area contributed by atoms with E-state index in [0.29, 0.717) is 11.1 Å². The quantitative estimate of drug-likeness (QED) is 0.738. The fourth-order valence-electron chi connectivity index (χ4n) is 2.18. The van der Waals surface area contributed by atoms with E-state index in [1.807, 2.05) is 0 Å². The number of oxazole rings is 1. The van der Waals surface area contributed by atoms with E-state index < -0.39 is 5.82 Å². The molecule has 0 spiro atoms. The summed E-state index contributed by atoms with van der Waals surface area (Å²) in [7, 11) is 0. The smallest absolute Gasteiger partial charge is 0.253 e. The lowest BCUT2D eigenvalue weighted by Gasteiger charge is -2.06. The highest BCUT2D eigenvalue weighted by Gasteiger charge is 2.11. The molecule has 2 heterocycles. The number of halogens is 1. The number of benzene rings is 1. The van der Waals surface area contributed by atoms with Gasteiger partial charge in [0.05, 0.1) is 12.1 Å². The Bertz CT molecular complexity index is 1010. The largest absolute Gasteiger partial charge is 0.439 e. The number of pyridine rings is 1. The van der Waals surface area contributed by atoms with Gasteiger partial charge in [-0.05, 0) is 18.2 Å². The lowest BCUT2D eigenvalue weighted by atomic mass is 10.2. The Morgan fingerprint density at radius 1 is 1.38 bits per heavy atom. The fraction of sp³-hybridized carbons (Fsp3) is 0.118. The van der Waals surface area contributed by atoms with Crippen molar-refractivity contribution in [1.82, 2.24) is 14.9 Å². The number of rotatable bonds is 4. The van der Waals surface area contributed by atoms with Crippen LogP contribution in [0.15, 0.2) is 45.7 Å². The Morgan fingerprint density at radius 3 is 3.00 bits per heavy atom. The third-order valence-corrected chi connectivity index (χ3v) is 3.30. The van der Waals surface area contributed by atoms with Crippen LogP contribution in [-0.2, 0) is 6.54 Å². The van der Waals surface area contributed by atoms with Crippen LogP contribution in [0.25, 0.3) is 11.1 Å². The summed E-state index contributed by atoms with van der Waals surface area (Å²) in [6, 6.07) is 6.65. The summed E-state index contributed by atoms with van der Waals surface area (Å²) in [6.45, 7) is 0.111. The maximum Gasteiger partial charge on any atom is 0.253 e. The molecule has 0 saturated heterocycles. The summed E-state index contributed by atoms with van der Waals surface area (Å²) in [6.07, 6.45) is 6.48. The summed E-state index contributed by atoms with van der Waals surface area (Å²) in [5.41, 5.74) is 0.743. The summed E-state index contributed by atoms with van der Waals surface area (Å²) in [4.78, 5) is 28.0. The monoisotopic (exact) mass is 325 g/mol. The number of nitrogens with one attached hydrogen (secondary N) is 1. The van der Waals surface area contributed by atoms with Crippen LogP contribution in [0.5, 0.6) is 0 Å². The minimum absolute atomic E-state index is 0.0192. The molecule has 0 aliphatic carbocycles. The molecule has 0 aliphatic heterocycles. The van der Waals surface area contributed by atoms with E-state index in [1.165, 1.54) is 41.1 Å². The number of carbonyl (C=O) groups is 1. The van der Waals surface area contributed by atoms with Gasteiger partial charge in [0, 0.05) is 18.3 Å². The van der Waals surface area contributed by atoms with Gasteiger partial charge in [-0.1, -0.05) is 5.92 Å². The molecular weight excluding hydrogens is 313 g/mol. The van der Waals surface area contributed by atoms with E-state index in [1.54, 1.807) is 0 Å². The molecule has 6 nitrogen and oxygen atoms in total. The molecule has 0 bridgehead atoms. The van der Waals surface area contributed by atoms with Gasteiger partial charge >= 0.3 is 0 Å². The number of aromatic nitrogens is 2. The Labute approximate surface area is 135 Å². The fourth-order valence-corrected chi connectivity index (χ4v) is 2.18. The number of nitrogens with zero attached hydrogens (tertiary/aromatic N) is 2. The first kappa shape index (κ1) is 15.5. The second kappa shape index (κ2) is 6.38. The van der Waals surface area contributed by atoms with Gasteiger partial charge < -0.3 is 14.3 Å². The van der Waals surface area contributed by atoms with Crippen molar-refractivity contribution in [2.75, 3.05) is 6.54 Å². The number of hydrogen-bond acceptors (Lipinski definition) is 4. The normalized spacial score (nSPS) is 10.5. The predicted molar refractivity (Wildman–Crippen MR) is 84.9 cm³/mol. The summed E-state index contributed by atoms with van der Waals surface area (Å²) >= 11 is 0. The number of hydrogen-bond donors (Lipinski definition) is 1. The first-order valence-corrected chi connectivity index (χ1v) is 7.04. The molecule has 24 heavy (non-hydrogen) atoms. The number of amides is 1. The second-order valence-corrected chi connectivity index (χ2v) is 4.99. The molecule has 0 saturated carbocycles. The average molecular weight is 325 g/mol. The van der Waals surface area contributed by atoms with Crippen molar-refractivity contribution in [3.05, 3.63) is 64.2 Å². The molecule has 7 heteroatoms. The second-order valence-electron chi connectivity index (χ2n) is 4.99. The lowest BCUT2D eigenvalue weighted by molar-refractivity contribution is 0.0958. The van der Waals surface area contributed by atoms with E-state index in [9.17, 15) is 14.0 Å². The topological polar surface area (TPSA) is 77.1 Å². The van der Waals surface area contributed by atoms with Gasteiger partial charge in [0.25, 0.3) is 11.5 Å². The zero-order valence-corrected chi connectivity index (χ0v) is 12.5. The first-order chi connectivity index (χ1) is 11.6. The van der Waals surface area contributed by atoms with Crippen molar-refractivity contribution in [2.45, 2.75) is 6.54 Å². The SMILES string of the molecule is C#CCNC(=O)c1ccc(=O)n(Cc2nc3cc(F)ccc3o2)c1. The van der Waals surface area contributed by atoms with Crippen LogP contribution < -0.4 is 10.9 Å². The van der Waals surface area contributed by atoms with E-state index in [4.69, 9.17) is 10.8 Å². The van der Waals surface area contributed by atoms with Crippen molar-refractivity contribution in [3.8, 4) is 12.3 Å². The Balaban J connectivity index is 1.89. The van der Waals surface area contributed by atoms with Crippen molar-refractivity contribution < 1.29 is 13.6 Å². The molecule has 1 aromatic carbocycles. The van der Waals surface area contributed by atoms with Gasteiger partial charge in [-0.15, -0.1) is 6.42 Å². The molecule has 0 aliphatic rings. The van der Waals surface area contributed by atoms with E-state index in [-0.39, 0.29) is 36.0 Å². The maximum atomic E-state index is 13.2. The van der Waals surface area contributed by atoms with Crippen LogP contribution in [0.1, 0.15) is 16.2 Å². The summed E-state index contributed by atoms with van der Waals surface area (Å²) < 4.78 is 20.0. The first-order valence-electron chi connectivity index (χ1n) is 7.04. The number of fused-ring (bicyclic) bond motifs is 1. The predicted octanol–water partition coefficient (Wildman–Crippen LogP) is 1.54. The van der Waals surface area contributed by atoms with Gasteiger partial charge in [0.2, 0.25) is 5.89 Å². The maximum absolute atomic E-state index is 13.2. The Morgan fingerprint density at radius 2 is 2.21 bits per heavy atom. The molecule has 2 aromatic heterocycles. The highest BCUT2D eigenvalue weighted by atomic mass is 19.1. The molecule has 0 unspecified atom stereocenters. The molecule has 0 fully saturated rings. The van der Waals surface area contributed by atoms with E-state index >= 15 is 0 Å². The molecule has 1 amide bonds. The minimum atomic E-state index is -0.424. The van der Waals surface area contributed by atoms with E-state index in [0.717, 1.165) is 0 Å². The van der Waals surface area contributed by atoms with Gasteiger partial charge in [0.15, 0.2) is 5.58 Å². The van der Waals surface area contributed by atoms with Crippen molar-refractivity contribution >= 4 is 17.0 Å². The lowest BCUT2D eigenvalue weighted by Crippen LogP contribution is -2.27.